The number of rotatable bonds is 9. The van der Waals surface area contributed by atoms with Gasteiger partial charge in [0.1, 0.15) is 0 Å². The van der Waals surface area contributed by atoms with E-state index in [1.165, 1.54) is 0 Å². The van der Waals surface area contributed by atoms with Crippen molar-refractivity contribution >= 4 is 11.9 Å². The average molecular weight is 422 g/mol. The molecule has 0 atom stereocenters. The van der Waals surface area contributed by atoms with Crippen molar-refractivity contribution in [3.63, 3.8) is 0 Å². The van der Waals surface area contributed by atoms with Crippen molar-refractivity contribution in [2.45, 2.75) is 6.54 Å². The maximum atomic E-state index is 12.2. The van der Waals surface area contributed by atoms with Crippen molar-refractivity contribution in [1.82, 2.24) is 25.3 Å². The van der Waals surface area contributed by atoms with Gasteiger partial charge in [-0.2, -0.15) is 5.10 Å². The number of carbonyl (C=O) groups excluding carboxylic acids is 2. The van der Waals surface area contributed by atoms with E-state index < -0.39 is 6.03 Å². The van der Waals surface area contributed by atoms with Crippen LogP contribution in [0.5, 0.6) is 0 Å². The average Bonchev–Trinajstić information content (AvgIpc) is 3.18. The maximum Gasteiger partial charge on any atom is 0.321 e. The first kappa shape index (κ1) is 22.2. The number of nitrogens with one attached hydrogen (secondary N) is 2. The smallest absolute Gasteiger partial charge is 0.321 e. The number of nitrogens with zero attached hydrogens (tertiary/aromatic N) is 3. The fraction of sp³-hybridized carbons (Fsp3) is 0.261. The molecule has 0 aliphatic rings. The molecule has 3 amide bonds. The molecule has 8 nitrogen and oxygen atoms in total. The molecule has 0 aliphatic heterocycles. The van der Waals surface area contributed by atoms with Crippen LogP contribution in [0.3, 0.4) is 0 Å². The van der Waals surface area contributed by atoms with E-state index in [-0.39, 0.29) is 12.5 Å². The van der Waals surface area contributed by atoms with Crippen LogP contribution in [-0.2, 0) is 16.1 Å². The van der Waals surface area contributed by atoms with Crippen LogP contribution >= 0.6 is 0 Å². The van der Waals surface area contributed by atoms with E-state index >= 15 is 0 Å². The Morgan fingerprint density at radius 1 is 1.06 bits per heavy atom. The molecule has 0 saturated carbocycles. The molecule has 0 spiro atoms. The highest BCUT2D eigenvalue weighted by Crippen LogP contribution is 2.24. The van der Waals surface area contributed by atoms with Crippen LogP contribution in [0.4, 0.5) is 4.79 Å². The summed E-state index contributed by atoms with van der Waals surface area (Å²) in [5.41, 5.74) is 3.80. The third kappa shape index (κ3) is 6.50. The summed E-state index contributed by atoms with van der Waals surface area (Å²) in [6, 6.07) is 19.3. The molecule has 31 heavy (non-hydrogen) atoms. The first-order valence-corrected chi connectivity index (χ1v) is 10.0. The number of likely N-dealkylation sites (N-methyl/N-ethyl adjacent to an activating group) is 1. The van der Waals surface area contributed by atoms with Crippen LogP contribution in [-0.4, -0.2) is 60.5 Å². The Labute approximate surface area is 181 Å². The third-order valence-corrected chi connectivity index (χ3v) is 4.56. The van der Waals surface area contributed by atoms with Crippen LogP contribution < -0.4 is 10.6 Å². The van der Waals surface area contributed by atoms with Gasteiger partial charge in [-0.3, -0.25) is 15.0 Å². The standard InChI is InChI=1S/C23H27N5O3/c1-27(17-21(29)25-23(30)24-13-14-31-2)15-19-16-28(20-11-7-4-8-12-20)26-22(19)18-9-5-3-6-10-18/h3-12,16H,13-15,17H2,1-2H3,(H2,24,25,29,30). The summed E-state index contributed by atoms with van der Waals surface area (Å²) in [5, 5.41) is 9.67. The Morgan fingerprint density at radius 2 is 1.74 bits per heavy atom. The largest absolute Gasteiger partial charge is 0.383 e. The minimum Gasteiger partial charge on any atom is -0.383 e. The van der Waals surface area contributed by atoms with Crippen molar-refractivity contribution in [2.75, 3.05) is 33.9 Å². The monoisotopic (exact) mass is 421 g/mol. The second-order valence-electron chi connectivity index (χ2n) is 7.12. The number of para-hydroxylation sites is 1. The van der Waals surface area contributed by atoms with E-state index in [0.717, 1.165) is 22.5 Å². The molecular weight excluding hydrogens is 394 g/mol. The predicted octanol–water partition coefficient (Wildman–Crippen LogP) is 2.44. The van der Waals surface area contributed by atoms with Crippen LogP contribution in [0.15, 0.2) is 66.9 Å². The molecule has 0 aliphatic carbocycles. The quantitative estimate of drug-likeness (QED) is 0.518. The van der Waals surface area contributed by atoms with Crippen molar-refractivity contribution < 1.29 is 14.3 Å². The van der Waals surface area contributed by atoms with Crippen LogP contribution in [0, 0.1) is 0 Å². The molecular formula is C23H27N5O3. The maximum absolute atomic E-state index is 12.2. The summed E-state index contributed by atoms with van der Waals surface area (Å²) in [4.78, 5) is 25.8. The van der Waals surface area contributed by atoms with Crippen LogP contribution in [0.25, 0.3) is 16.9 Å². The van der Waals surface area contributed by atoms with Crippen molar-refractivity contribution in [3.8, 4) is 16.9 Å². The molecule has 0 fully saturated rings. The number of benzene rings is 2. The van der Waals surface area contributed by atoms with Crippen LogP contribution in [0.2, 0.25) is 0 Å². The number of amides is 3. The van der Waals surface area contributed by atoms with Gasteiger partial charge in [-0.1, -0.05) is 48.5 Å². The number of methoxy groups -OCH3 is 1. The first-order valence-electron chi connectivity index (χ1n) is 10.0. The lowest BCUT2D eigenvalue weighted by Gasteiger charge is -2.16. The number of carbonyl (C=O) groups is 2. The second-order valence-corrected chi connectivity index (χ2v) is 7.12. The van der Waals surface area contributed by atoms with Crippen molar-refractivity contribution in [1.29, 1.82) is 0 Å². The molecule has 3 aromatic rings. The molecule has 0 radical (unpaired) electrons. The van der Waals surface area contributed by atoms with E-state index in [9.17, 15) is 9.59 Å². The number of imide groups is 1. The number of hydrogen-bond acceptors (Lipinski definition) is 5. The van der Waals surface area contributed by atoms with Crippen molar-refractivity contribution in [2.24, 2.45) is 0 Å². The van der Waals surface area contributed by atoms with E-state index in [4.69, 9.17) is 9.84 Å². The predicted molar refractivity (Wildman–Crippen MR) is 119 cm³/mol. The third-order valence-electron chi connectivity index (χ3n) is 4.56. The molecule has 0 saturated heterocycles. The van der Waals surface area contributed by atoms with Gasteiger partial charge >= 0.3 is 6.03 Å². The normalized spacial score (nSPS) is 10.8. The van der Waals surface area contributed by atoms with Gasteiger partial charge < -0.3 is 10.1 Å². The van der Waals surface area contributed by atoms with E-state index in [1.54, 1.807) is 7.11 Å². The lowest BCUT2D eigenvalue weighted by molar-refractivity contribution is -0.120. The minimum absolute atomic E-state index is 0.0719. The van der Waals surface area contributed by atoms with Gasteiger partial charge in [0.25, 0.3) is 0 Å². The van der Waals surface area contributed by atoms with Gasteiger partial charge in [-0.05, 0) is 19.2 Å². The Hall–Kier alpha value is -3.49. The Kier molecular flexibility index (Phi) is 7.91. The molecule has 2 aromatic carbocycles. The summed E-state index contributed by atoms with van der Waals surface area (Å²) >= 11 is 0. The summed E-state index contributed by atoms with van der Waals surface area (Å²) < 4.78 is 6.71. The highest BCUT2D eigenvalue weighted by Gasteiger charge is 2.16. The van der Waals surface area contributed by atoms with Gasteiger partial charge in [-0.25, -0.2) is 9.48 Å². The molecule has 0 bridgehead atoms. The molecule has 1 aromatic heterocycles. The Bertz CT molecular complexity index is 989. The second kappa shape index (κ2) is 11.1. The lowest BCUT2D eigenvalue weighted by atomic mass is 10.1. The van der Waals surface area contributed by atoms with Gasteiger partial charge in [0.2, 0.25) is 5.91 Å². The van der Waals surface area contributed by atoms with E-state index in [1.807, 2.05) is 83.5 Å². The topological polar surface area (TPSA) is 88.5 Å². The zero-order chi connectivity index (χ0) is 22.1. The summed E-state index contributed by atoms with van der Waals surface area (Å²) in [6.45, 7) is 1.29. The molecule has 2 N–H and O–H groups in total. The molecule has 3 rings (SSSR count). The van der Waals surface area contributed by atoms with E-state index in [0.29, 0.717) is 19.7 Å². The highest BCUT2D eigenvalue weighted by atomic mass is 16.5. The number of ether oxygens (including phenoxy) is 1. The zero-order valence-electron chi connectivity index (χ0n) is 17.7. The van der Waals surface area contributed by atoms with Gasteiger partial charge in [0, 0.05) is 37.5 Å². The van der Waals surface area contributed by atoms with Gasteiger partial charge in [0.05, 0.1) is 24.5 Å². The van der Waals surface area contributed by atoms with Crippen LogP contribution in [0.1, 0.15) is 5.56 Å². The Morgan fingerprint density at radius 3 is 2.42 bits per heavy atom. The van der Waals surface area contributed by atoms with Crippen molar-refractivity contribution in [3.05, 3.63) is 72.4 Å². The molecule has 162 valence electrons. The zero-order valence-corrected chi connectivity index (χ0v) is 17.7. The number of urea groups is 1. The minimum atomic E-state index is -0.530. The van der Waals surface area contributed by atoms with Gasteiger partial charge in [-0.15, -0.1) is 0 Å². The lowest BCUT2D eigenvalue weighted by Crippen LogP contribution is -2.44. The SMILES string of the molecule is COCCNC(=O)NC(=O)CN(C)Cc1cn(-c2ccccc2)nc1-c1ccccc1. The van der Waals surface area contributed by atoms with E-state index in [2.05, 4.69) is 10.6 Å². The molecule has 1 heterocycles. The fourth-order valence-electron chi connectivity index (χ4n) is 3.15. The number of hydrogen-bond donors (Lipinski definition) is 2. The Balaban J connectivity index is 1.70. The number of aromatic nitrogens is 2. The van der Waals surface area contributed by atoms with Gasteiger partial charge in [0.15, 0.2) is 0 Å². The summed E-state index contributed by atoms with van der Waals surface area (Å²) in [7, 11) is 3.38. The fourth-order valence-corrected chi connectivity index (χ4v) is 3.15. The highest BCUT2D eigenvalue weighted by molar-refractivity contribution is 5.95. The molecule has 0 unspecified atom stereocenters. The summed E-state index contributed by atoms with van der Waals surface area (Å²) in [5.74, 6) is -0.380. The summed E-state index contributed by atoms with van der Waals surface area (Å²) in [6.07, 6.45) is 1.98. The molecule has 8 heteroatoms. The first-order chi connectivity index (χ1) is 15.1.